The number of hydrogen-bond donors (Lipinski definition) is 0. The fraction of sp³-hybridized carbons (Fsp3) is 0.118. The topological polar surface area (TPSA) is 0 Å². The molecule has 3 aromatic rings. The van der Waals surface area contributed by atoms with Gasteiger partial charge in [0.2, 0.25) is 0 Å². The van der Waals surface area contributed by atoms with Crippen LogP contribution < -0.4 is 24.8 Å². The zero-order chi connectivity index (χ0) is 11.8. The van der Waals surface area contributed by atoms with Crippen LogP contribution in [0.5, 0.6) is 0 Å². The molecular formula is C17H15Cl2Hf+. The molecule has 0 aliphatic heterocycles. The first kappa shape index (κ1) is 19.5. The Balaban J connectivity index is 0.00000120. The van der Waals surface area contributed by atoms with E-state index >= 15 is 0 Å². The van der Waals surface area contributed by atoms with Crippen LogP contribution in [-0.2, 0) is 25.8 Å². The molecule has 0 amide bonds. The molecule has 0 aliphatic rings. The summed E-state index contributed by atoms with van der Waals surface area (Å²) in [5.74, 6) is 0. The molecule has 0 heterocycles. The Hall–Kier alpha value is -0.500. The molecule has 0 saturated heterocycles. The predicted octanol–water partition coefficient (Wildman–Crippen LogP) is -1.15. The van der Waals surface area contributed by atoms with Gasteiger partial charge in [-0.3, -0.25) is 0 Å². The molecule has 0 unspecified atom stereocenters. The molecule has 3 aromatic carbocycles. The molecule has 0 N–H and O–H groups in total. The van der Waals surface area contributed by atoms with Gasteiger partial charge in [-0.1, -0.05) is 53.1 Å². The Morgan fingerprint density at radius 2 is 1.40 bits per heavy atom. The summed E-state index contributed by atoms with van der Waals surface area (Å²) in [4.78, 5) is 0. The number of rotatable bonds is 1. The summed E-state index contributed by atoms with van der Waals surface area (Å²) in [5, 5.41) is 2.64. The maximum atomic E-state index is 2.27. The summed E-state index contributed by atoms with van der Waals surface area (Å²) in [6, 6.07) is 19.8. The van der Waals surface area contributed by atoms with Gasteiger partial charge in [-0.15, -0.1) is 34.5 Å². The van der Waals surface area contributed by atoms with Crippen molar-refractivity contribution in [3.63, 3.8) is 0 Å². The van der Waals surface area contributed by atoms with Gasteiger partial charge in [0.25, 0.3) is 0 Å². The molecule has 0 aromatic heterocycles. The second-order valence-electron chi connectivity index (χ2n) is 4.75. The Kier molecular flexibility index (Phi) is 7.87. The van der Waals surface area contributed by atoms with E-state index in [9.17, 15) is 0 Å². The zero-order valence-corrected chi connectivity index (χ0v) is 16.6. The van der Waals surface area contributed by atoms with Gasteiger partial charge in [-0.25, -0.2) is 0 Å². The summed E-state index contributed by atoms with van der Waals surface area (Å²) in [5.41, 5.74) is 5.28. The van der Waals surface area contributed by atoms with Crippen LogP contribution in [-0.4, -0.2) is 0 Å². The largest absolute Gasteiger partial charge is 4.00 e. The molecule has 3 rings (SSSR count). The predicted molar refractivity (Wildman–Crippen MR) is 74.5 cm³/mol. The van der Waals surface area contributed by atoms with Crippen LogP contribution in [0, 0.1) is 13.8 Å². The van der Waals surface area contributed by atoms with Gasteiger partial charge in [0, 0.05) is 0 Å². The monoisotopic (exact) mass is 469 g/mol. The van der Waals surface area contributed by atoms with Crippen molar-refractivity contribution in [2.45, 2.75) is 13.8 Å². The SMILES string of the molecule is Cc1cc(C)cc(-c2cc3ccccc3[cH-]2)c1.[Cl-].[Cl-].[Hf+4]. The van der Waals surface area contributed by atoms with E-state index in [-0.39, 0.29) is 50.7 Å². The third kappa shape index (κ3) is 4.00. The molecule has 0 fully saturated rings. The van der Waals surface area contributed by atoms with Crippen molar-refractivity contribution in [3.8, 4) is 11.1 Å². The summed E-state index contributed by atoms with van der Waals surface area (Å²) in [6.07, 6.45) is 0. The molecule has 0 bridgehead atoms. The van der Waals surface area contributed by atoms with Crippen LogP contribution in [0.2, 0.25) is 0 Å². The molecular weight excluding hydrogens is 454 g/mol. The summed E-state index contributed by atoms with van der Waals surface area (Å²) in [6.45, 7) is 4.30. The van der Waals surface area contributed by atoms with Crippen molar-refractivity contribution in [1.82, 2.24) is 0 Å². The second-order valence-corrected chi connectivity index (χ2v) is 4.75. The van der Waals surface area contributed by atoms with Gasteiger partial charge >= 0.3 is 25.8 Å². The van der Waals surface area contributed by atoms with Gasteiger partial charge in [0.1, 0.15) is 0 Å². The van der Waals surface area contributed by atoms with E-state index in [0.717, 1.165) is 0 Å². The summed E-state index contributed by atoms with van der Waals surface area (Å²) < 4.78 is 0. The van der Waals surface area contributed by atoms with Crippen LogP contribution in [0.3, 0.4) is 0 Å². The van der Waals surface area contributed by atoms with E-state index in [1.165, 1.54) is 33.0 Å². The minimum atomic E-state index is 0. The van der Waals surface area contributed by atoms with E-state index in [1.54, 1.807) is 0 Å². The number of halogens is 2. The first-order valence-corrected chi connectivity index (χ1v) is 5.96. The smallest absolute Gasteiger partial charge is 1.00 e. The first-order valence-electron chi connectivity index (χ1n) is 5.96. The molecule has 0 saturated carbocycles. The van der Waals surface area contributed by atoms with Crippen LogP contribution in [0.15, 0.2) is 54.6 Å². The third-order valence-corrected chi connectivity index (χ3v) is 3.17. The van der Waals surface area contributed by atoms with Crippen LogP contribution in [0.4, 0.5) is 0 Å². The average Bonchev–Trinajstić information content (AvgIpc) is 2.71. The molecule has 0 radical (unpaired) electrons. The van der Waals surface area contributed by atoms with Gasteiger partial charge in [0.05, 0.1) is 0 Å². The normalized spacial score (nSPS) is 9.30. The molecule has 3 heteroatoms. The average molecular weight is 469 g/mol. The van der Waals surface area contributed by atoms with Crippen molar-refractivity contribution in [2.24, 2.45) is 0 Å². The van der Waals surface area contributed by atoms with E-state index < -0.39 is 0 Å². The van der Waals surface area contributed by atoms with Gasteiger partial charge in [0.15, 0.2) is 0 Å². The van der Waals surface area contributed by atoms with E-state index in [1.807, 2.05) is 0 Å². The molecule has 0 nitrogen and oxygen atoms in total. The van der Waals surface area contributed by atoms with E-state index in [0.29, 0.717) is 0 Å². The Morgan fingerprint density at radius 1 is 0.800 bits per heavy atom. The Labute approximate surface area is 151 Å². The van der Waals surface area contributed by atoms with Crippen molar-refractivity contribution < 1.29 is 50.7 Å². The quantitative estimate of drug-likeness (QED) is 0.313. The van der Waals surface area contributed by atoms with E-state index in [4.69, 9.17) is 0 Å². The molecule has 0 atom stereocenters. The minimum absolute atomic E-state index is 0. The van der Waals surface area contributed by atoms with Crippen LogP contribution in [0.1, 0.15) is 11.1 Å². The second kappa shape index (κ2) is 8.07. The number of hydrogen-bond acceptors (Lipinski definition) is 0. The summed E-state index contributed by atoms with van der Waals surface area (Å²) in [7, 11) is 0. The van der Waals surface area contributed by atoms with Crippen LogP contribution in [0.25, 0.3) is 21.9 Å². The fourth-order valence-corrected chi connectivity index (χ4v) is 2.46. The fourth-order valence-electron chi connectivity index (χ4n) is 2.46. The standard InChI is InChI=1S/C17H15.2ClH.Hf/c1-12-7-13(2)9-16(8-12)17-10-14-5-3-4-6-15(14)11-17;;;/h3-11H,1-2H3;2*1H;/q-1;;;+4/p-2. The van der Waals surface area contributed by atoms with Crippen molar-refractivity contribution in [1.29, 1.82) is 0 Å². The first-order chi connectivity index (χ1) is 8.22. The maximum Gasteiger partial charge on any atom is 4.00 e. The van der Waals surface area contributed by atoms with Crippen molar-refractivity contribution >= 4 is 10.8 Å². The van der Waals surface area contributed by atoms with E-state index in [2.05, 4.69) is 68.4 Å². The minimum Gasteiger partial charge on any atom is -1.00 e. The number of fused-ring (bicyclic) bond motifs is 1. The van der Waals surface area contributed by atoms with Crippen molar-refractivity contribution in [3.05, 3.63) is 65.7 Å². The number of aryl methyl sites for hydroxylation is 2. The number of benzene rings is 2. The molecule has 20 heavy (non-hydrogen) atoms. The van der Waals surface area contributed by atoms with Crippen LogP contribution >= 0.6 is 0 Å². The van der Waals surface area contributed by atoms with Gasteiger partial charge in [-0.05, 0) is 13.8 Å². The summed E-state index contributed by atoms with van der Waals surface area (Å²) >= 11 is 0. The van der Waals surface area contributed by atoms with Crippen molar-refractivity contribution in [2.75, 3.05) is 0 Å². The molecule has 0 aliphatic carbocycles. The Bertz CT molecular complexity index is 633. The molecule has 0 spiro atoms. The third-order valence-electron chi connectivity index (χ3n) is 3.17. The van der Waals surface area contributed by atoms with Gasteiger partial charge in [-0.2, -0.15) is 0 Å². The van der Waals surface area contributed by atoms with Gasteiger partial charge < -0.3 is 24.8 Å². The zero-order valence-electron chi connectivity index (χ0n) is 11.5. The maximum absolute atomic E-state index is 2.27. The Morgan fingerprint density at radius 3 is 2.00 bits per heavy atom. The molecule has 100 valence electrons.